The average molecular weight is 232 g/mol. The lowest BCUT2D eigenvalue weighted by Crippen LogP contribution is -2.05. The standard InChI is InChI=1S/C8H10ClN3O3/c9-7-4(1-2-13)8(11)6(12(14)15)3-5(7)10/h3,13H,1-2,10-11H2. The number of benzene rings is 1. The van der Waals surface area contributed by atoms with Crippen molar-refractivity contribution in [1.29, 1.82) is 0 Å². The highest BCUT2D eigenvalue weighted by molar-refractivity contribution is 6.34. The third kappa shape index (κ3) is 2.11. The van der Waals surface area contributed by atoms with Gasteiger partial charge in [0, 0.05) is 18.2 Å². The van der Waals surface area contributed by atoms with Crippen LogP contribution in [0.5, 0.6) is 0 Å². The van der Waals surface area contributed by atoms with Gasteiger partial charge >= 0.3 is 0 Å². The smallest absolute Gasteiger partial charge is 0.294 e. The number of hydrogen-bond donors (Lipinski definition) is 3. The van der Waals surface area contributed by atoms with Gasteiger partial charge in [-0.2, -0.15) is 0 Å². The van der Waals surface area contributed by atoms with Gasteiger partial charge in [-0.05, 0) is 6.42 Å². The average Bonchev–Trinajstić information content (AvgIpc) is 2.18. The van der Waals surface area contributed by atoms with Gasteiger partial charge in [-0.3, -0.25) is 10.1 Å². The monoisotopic (exact) mass is 231 g/mol. The molecule has 0 unspecified atom stereocenters. The fourth-order valence-electron chi connectivity index (χ4n) is 1.24. The number of nitrogen functional groups attached to an aromatic ring is 2. The van der Waals surface area contributed by atoms with Crippen LogP contribution in [0.1, 0.15) is 5.56 Å². The molecule has 7 heteroatoms. The summed E-state index contributed by atoms with van der Waals surface area (Å²) in [4.78, 5) is 9.97. The molecule has 82 valence electrons. The lowest BCUT2D eigenvalue weighted by molar-refractivity contribution is -0.383. The fraction of sp³-hybridized carbons (Fsp3) is 0.250. The van der Waals surface area contributed by atoms with Gasteiger partial charge in [0.25, 0.3) is 5.69 Å². The van der Waals surface area contributed by atoms with E-state index in [1.165, 1.54) is 0 Å². The van der Waals surface area contributed by atoms with Crippen molar-refractivity contribution in [3.63, 3.8) is 0 Å². The lowest BCUT2D eigenvalue weighted by atomic mass is 10.1. The fourth-order valence-corrected chi connectivity index (χ4v) is 1.49. The van der Waals surface area contributed by atoms with Gasteiger partial charge in [-0.25, -0.2) is 0 Å². The molecule has 0 aromatic heterocycles. The van der Waals surface area contributed by atoms with Crippen LogP contribution in [0, 0.1) is 10.1 Å². The van der Waals surface area contributed by atoms with Crippen LogP contribution in [-0.2, 0) is 6.42 Å². The Bertz CT molecular complexity index is 409. The molecule has 15 heavy (non-hydrogen) atoms. The van der Waals surface area contributed by atoms with E-state index in [1.54, 1.807) is 0 Å². The zero-order valence-corrected chi connectivity index (χ0v) is 8.49. The van der Waals surface area contributed by atoms with Gasteiger partial charge in [-0.15, -0.1) is 0 Å². The second kappa shape index (κ2) is 4.33. The SMILES string of the molecule is Nc1cc([N+](=O)[O-])c(N)c(CCO)c1Cl. The summed E-state index contributed by atoms with van der Waals surface area (Å²) >= 11 is 5.82. The molecule has 0 bridgehead atoms. The van der Waals surface area contributed by atoms with Crippen LogP contribution in [0.2, 0.25) is 5.02 Å². The second-order valence-electron chi connectivity index (χ2n) is 2.92. The Morgan fingerprint density at radius 3 is 2.60 bits per heavy atom. The zero-order valence-electron chi connectivity index (χ0n) is 7.74. The Morgan fingerprint density at radius 1 is 1.53 bits per heavy atom. The molecule has 0 aliphatic rings. The van der Waals surface area contributed by atoms with Gasteiger partial charge in [0.15, 0.2) is 0 Å². The van der Waals surface area contributed by atoms with Crippen LogP contribution < -0.4 is 11.5 Å². The molecule has 0 aliphatic heterocycles. The van der Waals surface area contributed by atoms with Crippen molar-refractivity contribution in [3.8, 4) is 0 Å². The van der Waals surface area contributed by atoms with Crippen LogP contribution >= 0.6 is 11.6 Å². The highest BCUT2D eigenvalue weighted by atomic mass is 35.5. The molecule has 0 spiro atoms. The van der Waals surface area contributed by atoms with Gasteiger partial charge in [-0.1, -0.05) is 11.6 Å². The predicted octanol–water partition coefficient (Wildman–Crippen LogP) is 0.947. The minimum absolute atomic E-state index is 0.0479. The molecule has 0 radical (unpaired) electrons. The molecule has 0 amide bonds. The zero-order chi connectivity index (χ0) is 11.6. The molecule has 6 nitrogen and oxygen atoms in total. The molecular formula is C8H10ClN3O3. The topological polar surface area (TPSA) is 115 Å². The minimum atomic E-state index is -0.636. The van der Waals surface area contributed by atoms with Gasteiger partial charge < -0.3 is 16.6 Å². The molecule has 0 saturated heterocycles. The van der Waals surface area contributed by atoms with Gasteiger partial charge in [0.05, 0.1) is 15.6 Å². The van der Waals surface area contributed by atoms with Crippen LogP contribution in [0.4, 0.5) is 17.1 Å². The van der Waals surface area contributed by atoms with E-state index in [-0.39, 0.29) is 35.1 Å². The molecular weight excluding hydrogens is 222 g/mol. The van der Waals surface area contributed by atoms with Crippen molar-refractivity contribution in [2.75, 3.05) is 18.1 Å². The van der Waals surface area contributed by atoms with Crippen LogP contribution in [0.15, 0.2) is 6.07 Å². The van der Waals surface area contributed by atoms with Crippen molar-refractivity contribution in [1.82, 2.24) is 0 Å². The minimum Gasteiger partial charge on any atom is -0.397 e. The number of hydrogen-bond acceptors (Lipinski definition) is 5. The normalized spacial score (nSPS) is 10.3. The Balaban J connectivity index is 3.41. The van der Waals surface area contributed by atoms with E-state index in [1.807, 2.05) is 0 Å². The van der Waals surface area contributed by atoms with Crippen LogP contribution in [0.25, 0.3) is 0 Å². The van der Waals surface area contributed by atoms with E-state index in [2.05, 4.69) is 0 Å². The van der Waals surface area contributed by atoms with Crippen LogP contribution in [0.3, 0.4) is 0 Å². The van der Waals surface area contributed by atoms with Gasteiger partial charge in [0.1, 0.15) is 5.69 Å². The summed E-state index contributed by atoms with van der Waals surface area (Å²) in [7, 11) is 0. The third-order valence-electron chi connectivity index (χ3n) is 1.97. The number of nitrogens with zero attached hydrogens (tertiary/aromatic N) is 1. The summed E-state index contributed by atoms with van der Waals surface area (Å²) in [6.45, 7) is -0.204. The number of aliphatic hydroxyl groups excluding tert-OH is 1. The molecule has 5 N–H and O–H groups in total. The summed E-state index contributed by atoms with van der Waals surface area (Å²) in [6, 6.07) is 1.11. The van der Waals surface area contributed by atoms with E-state index in [0.29, 0.717) is 5.56 Å². The second-order valence-corrected chi connectivity index (χ2v) is 3.30. The quantitative estimate of drug-likeness (QED) is 0.407. The largest absolute Gasteiger partial charge is 0.397 e. The summed E-state index contributed by atoms with van der Waals surface area (Å²) < 4.78 is 0. The molecule has 0 aliphatic carbocycles. The Hall–Kier alpha value is -1.53. The first-order chi connectivity index (χ1) is 6.99. The summed E-state index contributed by atoms with van der Waals surface area (Å²) in [5.41, 5.74) is 11.1. The highest BCUT2D eigenvalue weighted by Crippen LogP contribution is 2.36. The number of nitro groups is 1. The molecule has 1 aromatic carbocycles. The maximum absolute atomic E-state index is 10.6. The number of nitrogens with two attached hydrogens (primary N) is 2. The van der Waals surface area contributed by atoms with Crippen LogP contribution in [-0.4, -0.2) is 16.6 Å². The van der Waals surface area contributed by atoms with E-state index in [4.69, 9.17) is 28.2 Å². The maximum atomic E-state index is 10.6. The summed E-state index contributed by atoms with van der Waals surface area (Å²) in [6.07, 6.45) is 0.135. The first kappa shape index (κ1) is 11.5. The van der Waals surface area contributed by atoms with Gasteiger partial charge in [0.2, 0.25) is 0 Å². The van der Waals surface area contributed by atoms with E-state index in [9.17, 15) is 10.1 Å². The third-order valence-corrected chi connectivity index (χ3v) is 2.42. The Morgan fingerprint density at radius 2 is 2.13 bits per heavy atom. The number of halogens is 1. The summed E-state index contributed by atoms with van der Waals surface area (Å²) in [5.74, 6) is 0. The van der Waals surface area contributed by atoms with Crippen molar-refractivity contribution < 1.29 is 10.0 Å². The lowest BCUT2D eigenvalue weighted by Gasteiger charge is -2.09. The maximum Gasteiger partial charge on any atom is 0.294 e. The molecule has 0 fully saturated rings. The van der Waals surface area contributed by atoms with E-state index in [0.717, 1.165) is 6.07 Å². The molecule has 0 saturated carbocycles. The Labute approximate surface area is 90.6 Å². The molecule has 1 aromatic rings. The van der Waals surface area contributed by atoms with Crippen molar-refractivity contribution in [2.24, 2.45) is 0 Å². The van der Waals surface area contributed by atoms with Crippen molar-refractivity contribution in [3.05, 3.63) is 26.8 Å². The molecule has 0 heterocycles. The summed E-state index contributed by atoms with van der Waals surface area (Å²) in [5, 5.41) is 19.5. The molecule has 1 rings (SSSR count). The van der Waals surface area contributed by atoms with Crippen molar-refractivity contribution >= 4 is 28.7 Å². The van der Waals surface area contributed by atoms with Crippen molar-refractivity contribution in [2.45, 2.75) is 6.42 Å². The number of aliphatic hydroxyl groups is 1. The number of rotatable bonds is 3. The molecule has 0 atom stereocenters. The van der Waals surface area contributed by atoms with E-state index >= 15 is 0 Å². The predicted molar refractivity (Wildman–Crippen MR) is 57.7 cm³/mol. The van der Waals surface area contributed by atoms with E-state index < -0.39 is 4.92 Å². The number of nitro benzene ring substituents is 1. The first-order valence-electron chi connectivity index (χ1n) is 4.10. The Kier molecular flexibility index (Phi) is 3.33. The highest BCUT2D eigenvalue weighted by Gasteiger charge is 2.20. The first-order valence-corrected chi connectivity index (χ1v) is 4.48. The number of anilines is 2.